The summed E-state index contributed by atoms with van der Waals surface area (Å²) in [4.78, 5) is 13.4. The Morgan fingerprint density at radius 3 is 2.46 bits per heavy atom. The molecule has 1 aliphatic rings. The van der Waals surface area contributed by atoms with Crippen LogP contribution < -0.4 is 5.32 Å². The maximum absolute atomic E-state index is 11.1. The molecule has 1 N–H and O–H groups in total. The summed E-state index contributed by atoms with van der Waals surface area (Å²) >= 11 is 2.01. The Morgan fingerprint density at radius 1 is 1.46 bits per heavy atom. The summed E-state index contributed by atoms with van der Waals surface area (Å²) in [6.45, 7) is 7.05. The van der Waals surface area contributed by atoms with E-state index in [0.29, 0.717) is 17.0 Å². The Kier molecular flexibility index (Phi) is 4.06. The molecule has 13 heavy (non-hydrogen) atoms. The van der Waals surface area contributed by atoms with Gasteiger partial charge in [0.1, 0.15) is 0 Å². The zero-order chi connectivity index (χ0) is 9.84. The normalized spacial score (nSPS) is 30.1. The van der Waals surface area contributed by atoms with Crippen LogP contribution in [-0.2, 0) is 4.79 Å². The summed E-state index contributed by atoms with van der Waals surface area (Å²) in [5.74, 6) is 0.117. The summed E-state index contributed by atoms with van der Waals surface area (Å²) < 4.78 is 0. The summed E-state index contributed by atoms with van der Waals surface area (Å²) in [5.41, 5.74) is 0. The average molecular weight is 202 g/mol. The van der Waals surface area contributed by atoms with Gasteiger partial charge in [-0.25, -0.2) is 0 Å². The highest BCUT2D eigenvalue weighted by molar-refractivity contribution is 8.00. The van der Waals surface area contributed by atoms with Crippen molar-refractivity contribution in [3.63, 3.8) is 0 Å². The van der Waals surface area contributed by atoms with Gasteiger partial charge in [0.2, 0.25) is 5.91 Å². The lowest BCUT2D eigenvalue weighted by molar-refractivity contribution is -0.121. The van der Waals surface area contributed by atoms with E-state index in [9.17, 15) is 4.79 Å². The Bertz CT molecular complexity index is 176. The third-order valence-electron chi connectivity index (χ3n) is 2.14. The van der Waals surface area contributed by atoms with Crippen molar-refractivity contribution in [2.75, 3.05) is 26.7 Å². The van der Waals surface area contributed by atoms with Crippen LogP contribution in [0.1, 0.15) is 13.8 Å². The van der Waals surface area contributed by atoms with Gasteiger partial charge >= 0.3 is 0 Å². The number of thioether (sulfide) groups is 1. The molecule has 0 radical (unpaired) electrons. The predicted octanol–water partition coefficient (Wildman–Crippen LogP) is 0.558. The van der Waals surface area contributed by atoms with Gasteiger partial charge in [-0.3, -0.25) is 9.69 Å². The lowest BCUT2D eigenvalue weighted by atomic mass is 10.3. The summed E-state index contributed by atoms with van der Waals surface area (Å²) in [6.07, 6.45) is 0. The van der Waals surface area contributed by atoms with Crippen molar-refractivity contribution >= 4 is 17.7 Å². The Hall–Kier alpha value is -0.220. The number of amides is 1. The Balaban J connectivity index is 2.37. The molecule has 0 saturated carbocycles. The molecule has 4 heteroatoms. The summed E-state index contributed by atoms with van der Waals surface area (Å²) in [7, 11) is 1.69. The molecule has 3 nitrogen and oxygen atoms in total. The van der Waals surface area contributed by atoms with Crippen molar-refractivity contribution in [2.45, 2.75) is 24.3 Å². The van der Waals surface area contributed by atoms with Crippen molar-refractivity contribution in [3.8, 4) is 0 Å². The largest absolute Gasteiger partial charge is 0.358 e. The topological polar surface area (TPSA) is 32.3 Å². The smallest absolute Gasteiger partial charge is 0.233 e. The van der Waals surface area contributed by atoms with E-state index in [1.807, 2.05) is 11.8 Å². The van der Waals surface area contributed by atoms with Crippen LogP contribution in [0.5, 0.6) is 0 Å². The second-order valence-electron chi connectivity index (χ2n) is 3.62. The number of rotatable bonds is 2. The number of carbonyl (C=O) groups excluding carboxylic acids is 1. The number of likely N-dealkylation sites (N-methyl/N-ethyl adjacent to an activating group) is 1. The van der Waals surface area contributed by atoms with E-state index < -0.39 is 0 Å². The molecule has 1 heterocycles. The molecular formula is C9H18N2OS. The highest BCUT2D eigenvalue weighted by atomic mass is 32.2. The van der Waals surface area contributed by atoms with Gasteiger partial charge < -0.3 is 5.32 Å². The Labute approximate surface area is 84.2 Å². The maximum Gasteiger partial charge on any atom is 0.233 e. The fourth-order valence-electron chi connectivity index (χ4n) is 1.70. The van der Waals surface area contributed by atoms with Crippen LogP contribution in [0.4, 0.5) is 0 Å². The average Bonchev–Trinajstić information content (AvgIpc) is 2.02. The van der Waals surface area contributed by atoms with Gasteiger partial charge in [-0.05, 0) is 0 Å². The van der Waals surface area contributed by atoms with Crippen molar-refractivity contribution in [2.24, 2.45) is 0 Å². The van der Waals surface area contributed by atoms with Crippen LogP contribution in [0.2, 0.25) is 0 Å². The third kappa shape index (κ3) is 3.56. The first-order valence-electron chi connectivity index (χ1n) is 4.70. The number of hydrogen-bond donors (Lipinski definition) is 1. The lowest BCUT2D eigenvalue weighted by Crippen LogP contribution is -2.45. The number of nitrogens with one attached hydrogen (secondary N) is 1. The summed E-state index contributed by atoms with van der Waals surface area (Å²) in [6, 6.07) is 0. The number of carbonyl (C=O) groups is 1. The fourth-order valence-corrected chi connectivity index (χ4v) is 3.08. The van der Waals surface area contributed by atoms with Crippen molar-refractivity contribution in [3.05, 3.63) is 0 Å². The fraction of sp³-hybridized carbons (Fsp3) is 0.889. The molecule has 1 amide bonds. The zero-order valence-corrected chi connectivity index (χ0v) is 9.36. The first kappa shape index (κ1) is 10.9. The van der Waals surface area contributed by atoms with E-state index in [4.69, 9.17) is 0 Å². The van der Waals surface area contributed by atoms with Gasteiger partial charge in [-0.1, -0.05) is 13.8 Å². The molecule has 0 aromatic heterocycles. The molecule has 0 aromatic carbocycles. The lowest BCUT2D eigenvalue weighted by Gasteiger charge is -2.33. The maximum atomic E-state index is 11.1. The van der Waals surface area contributed by atoms with Gasteiger partial charge in [0.15, 0.2) is 0 Å². The quantitative estimate of drug-likeness (QED) is 0.710. The molecule has 2 atom stereocenters. The molecule has 1 aliphatic heterocycles. The van der Waals surface area contributed by atoms with Crippen LogP contribution in [0.3, 0.4) is 0 Å². The highest BCUT2D eigenvalue weighted by Gasteiger charge is 2.23. The molecular weight excluding hydrogens is 184 g/mol. The monoisotopic (exact) mass is 202 g/mol. The molecule has 1 fully saturated rings. The summed E-state index contributed by atoms with van der Waals surface area (Å²) in [5, 5.41) is 3.95. The second kappa shape index (κ2) is 4.86. The molecule has 2 unspecified atom stereocenters. The number of nitrogens with zero attached hydrogens (tertiary/aromatic N) is 1. The van der Waals surface area contributed by atoms with Crippen LogP contribution in [-0.4, -0.2) is 48.0 Å². The van der Waals surface area contributed by atoms with Gasteiger partial charge in [0, 0.05) is 30.6 Å². The predicted molar refractivity (Wildman–Crippen MR) is 57.0 cm³/mol. The molecule has 1 rings (SSSR count). The standard InChI is InChI=1S/C9H18N2OS/c1-7-4-11(5-8(2)13-7)6-9(12)10-3/h7-8H,4-6H2,1-3H3,(H,10,12). The van der Waals surface area contributed by atoms with E-state index in [0.717, 1.165) is 13.1 Å². The van der Waals surface area contributed by atoms with Crippen molar-refractivity contribution in [1.29, 1.82) is 0 Å². The Morgan fingerprint density at radius 2 is 2.00 bits per heavy atom. The van der Waals surface area contributed by atoms with E-state index in [2.05, 4.69) is 24.1 Å². The van der Waals surface area contributed by atoms with Gasteiger partial charge in [-0.2, -0.15) is 11.8 Å². The minimum absolute atomic E-state index is 0.117. The molecule has 0 aliphatic carbocycles. The van der Waals surface area contributed by atoms with Gasteiger partial charge in [0.25, 0.3) is 0 Å². The molecule has 76 valence electrons. The van der Waals surface area contributed by atoms with E-state index in [-0.39, 0.29) is 5.91 Å². The van der Waals surface area contributed by atoms with Crippen LogP contribution in [0.25, 0.3) is 0 Å². The SMILES string of the molecule is CNC(=O)CN1CC(C)SC(C)C1. The third-order valence-corrected chi connectivity index (χ3v) is 3.37. The second-order valence-corrected chi connectivity index (χ2v) is 5.51. The first-order valence-corrected chi connectivity index (χ1v) is 5.64. The van der Waals surface area contributed by atoms with Crippen molar-refractivity contribution in [1.82, 2.24) is 10.2 Å². The van der Waals surface area contributed by atoms with Gasteiger partial charge in [0.05, 0.1) is 6.54 Å². The minimum Gasteiger partial charge on any atom is -0.358 e. The van der Waals surface area contributed by atoms with Crippen LogP contribution in [0.15, 0.2) is 0 Å². The van der Waals surface area contributed by atoms with Crippen LogP contribution in [0, 0.1) is 0 Å². The molecule has 0 aromatic rings. The number of hydrogen-bond acceptors (Lipinski definition) is 3. The zero-order valence-electron chi connectivity index (χ0n) is 8.54. The van der Waals surface area contributed by atoms with Crippen LogP contribution >= 0.6 is 11.8 Å². The van der Waals surface area contributed by atoms with Crippen molar-refractivity contribution < 1.29 is 4.79 Å². The van der Waals surface area contributed by atoms with E-state index in [1.54, 1.807) is 7.05 Å². The molecule has 0 bridgehead atoms. The molecule has 1 saturated heterocycles. The van der Waals surface area contributed by atoms with Gasteiger partial charge in [-0.15, -0.1) is 0 Å². The van der Waals surface area contributed by atoms with E-state index in [1.165, 1.54) is 0 Å². The minimum atomic E-state index is 0.117. The molecule has 0 spiro atoms. The first-order chi connectivity index (χ1) is 6.11. The van der Waals surface area contributed by atoms with E-state index >= 15 is 0 Å². The highest BCUT2D eigenvalue weighted by Crippen LogP contribution is 2.24.